The molecule has 1 heterocycles. The van der Waals surface area contributed by atoms with Gasteiger partial charge in [-0.2, -0.15) is 0 Å². The second-order valence-corrected chi connectivity index (χ2v) is 9.44. The number of carbonyl (C=O) groups excluding carboxylic acids is 1. The summed E-state index contributed by atoms with van der Waals surface area (Å²) in [6.45, 7) is 7.73. The summed E-state index contributed by atoms with van der Waals surface area (Å²) in [7, 11) is 7.43. The summed E-state index contributed by atoms with van der Waals surface area (Å²) in [4.78, 5) is 19.3. The number of rotatable bonds is 10. The monoisotopic (exact) mass is 453 g/mol. The van der Waals surface area contributed by atoms with E-state index in [0.29, 0.717) is 18.4 Å². The topological polar surface area (TPSA) is 45.2 Å². The smallest absolute Gasteiger partial charge is 0.248 e. The van der Waals surface area contributed by atoms with Crippen LogP contribution in [0.4, 0.5) is 5.69 Å². The van der Waals surface area contributed by atoms with E-state index in [-0.39, 0.29) is 18.6 Å². The molecule has 1 aliphatic rings. The number of amides is 1. The second-order valence-electron chi connectivity index (χ2n) is 9.44. The number of nitrogens with zero attached hydrogens (tertiary/aromatic N) is 3. The van der Waals surface area contributed by atoms with E-state index in [1.165, 1.54) is 16.8 Å². The van der Waals surface area contributed by atoms with Crippen molar-refractivity contribution in [1.82, 2.24) is 9.80 Å². The van der Waals surface area contributed by atoms with Crippen molar-refractivity contribution in [3.63, 3.8) is 0 Å². The van der Waals surface area contributed by atoms with Crippen LogP contribution in [0.1, 0.15) is 30.9 Å². The van der Waals surface area contributed by atoms with E-state index in [9.17, 15) is 4.79 Å². The zero-order valence-electron chi connectivity index (χ0n) is 21.0. The van der Waals surface area contributed by atoms with Gasteiger partial charge in [-0.05, 0) is 49.1 Å². The lowest BCUT2D eigenvalue weighted by Gasteiger charge is -2.31. The fourth-order valence-electron chi connectivity index (χ4n) is 4.82. The fraction of sp³-hybridized carbons (Fsp3) is 0.519. The van der Waals surface area contributed by atoms with Gasteiger partial charge in [0.15, 0.2) is 0 Å². The molecule has 0 bridgehead atoms. The molecule has 2 unspecified atom stereocenters. The first-order valence-corrected chi connectivity index (χ1v) is 11.7. The van der Waals surface area contributed by atoms with E-state index in [1.807, 2.05) is 17.0 Å². The summed E-state index contributed by atoms with van der Waals surface area (Å²) < 4.78 is 10.9. The Kier molecular flexibility index (Phi) is 8.75. The van der Waals surface area contributed by atoms with Crippen molar-refractivity contribution in [2.75, 3.05) is 59.5 Å². The Labute approximate surface area is 199 Å². The highest BCUT2D eigenvalue weighted by molar-refractivity contribution is 5.77. The molecule has 0 radical (unpaired) electrons. The van der Waals surface area contributed by atoms with E-state index >= 15 is 0 Å². The minimum Gasteiger partial charge on any atom is -0.496 e. The molecule has 0 N–H and O–H groups in total. The molecule has 0 aliphatic carbocycles. The highest BCUT2D eigenvalue weighted by atomic mass is 16.5. The molecule has 1 saturated heterocycles. The third kappa shape index (κ3) is 6.27. The van der Waals surface area contributed by atoms with Crippen LogP contribution in [-0.2, 0) is 16.1 Å². The summed E-state index contributed by atoms with van der Waals surface area (Å²) in [5.41, 5.74) is 3.73. The first kappa shape index (κ1) is 25.1. The van der Waals surface area contributed by atoms with Gasteiger partial charge in [0.1, 0.15) is 12.4 Å². The molecule has 33 heavy (non-hydrogen) atoms. The predicted molar refractivity (Wildman–Crippen MR) is 134 cm³/mol. The molecule has 0 aromatic heterocycles. The normalized spacial score (nSPS) is 18.5. The van der Waals surface area contributed by atoms with Crippen LogP contribution in [0.15, 0.2) is 48.5 Å². The number of carbonyl (C=O) groups is 1. The molecule has 2 atom stereocenters. The van der Waals surface area contributed by atoms with E-state index < -0.39 is 0 Å². The van der Waals surface area contributed by atoms with Crippen LogP contribution in [0.25, 0.3) is 0 Å². The number of benzene rings is 2. The lowest BCUT2D eigenvalue weighted by atomic mass is 9.87. The van der Waals surface area contributed by atoms with Gasteiger partial charge in [0.25, 0.3) is 0 Å². The van der Waals surface area contributed by atoms with Crippen LogP contribution in [0.5, 0.6) is 5.75 Å². The molecule has 2 aromatic rings. The van der Waals surface area contributed by atoms with E-state index in [2.05, 4.69) is 74.1 Å². The van der Waals surface area contributed by atoms with Crippen LogP contribution >= 0.6 is 0 Å². The molecule has 0 saturated carbocycles. The largest absolute Gasteiger partial charge is 0.496 e. The Balaban J connectivity index is 1.83. The summed E-state index contributed by atoms with van der Waals surface area (Å²) in [6, 6.07) is 17.2. The van der Waals surface area contributed by atoms with E-state index in [4.69, 9.17) is 9.47 Å². The van der Waals surface area contributed by atoms with Crippen molar-refractivity contribution in [3.05, 3.63) is 59.7 Å². The summed E-state index contributed by atoms with van der Waals surface area (Å²) in [6.07, 6.45) is 0. The van der Waals surface area contributed by atoms with Crippen LogP contribution in [0, 0.1) is 5.92 Å². The maximum absolute atomic E-state index is 12.8. The fourth-order valence-corrected chi connectivity index (χ4v) is 4.82. The SMILES string of the molecule is COCC(=O)N(CC1CN(Cc2ccc(N(C)C)cc2)CC1c1ccccc1OC)C(C)C. The molecule has 1 aliphatic heterocycles. The zero-order valence-corrected chi connectivity index (χ0v) is 21.0. The van der Waals surface area contributed by atoms with Gasteiger partial charge in [0.2, 0.25) is 5.91 Å². The number of methoxy groups -OCH3 is 2. The minimum absolute atomic E-state index is 0.0454. The maximum atomic E-state index is 12.8. The number of ether oxygens (including phenoxy) is 2. The molecule has 0 spiro atoms. The Hall–Kier alpha value is -2.57. The van der Waals surface area contributed by atoms with Crippen molar-refractivity contribution in [2.24, 2.45) is 5.92 Å². The van der Waals surface area contributed by atoms with Gasteiger partial charge in [-0.15, -0.1) is 0 Å². The quantitative estimate of drug-likeness (QED) is 0.547. The van der Waals surface area contributed by atoms with Crippen molar-refractivity contribution >= 4 is 11.6 Å². The molecule has 6 heteroatoms. The highest BCUT2D eigenvalue weighted by Crippen LogP contribution is 2.38. The first-order chi connectivity index (χ1) is 15.8. The van der Waals surface area contributed by atoms with Gasteiger partial charge in [-0.1, -0.05) is 30.3 Å². The summed E-state index contributed by atoms with van der Waals surface area (Å²) in [5.74, 6) is 1.57. The standard InChI is InChI=1S/C27H39N3O3/c1-20(2)30(27(31)19-32-5)17-22-16-29(15-21-11-13-23(14-12-21)28(3)4)18-25(22)24-9-7-8-10-26(24)33-6/h7-14,20,22,25H,15-19H2,1-6H3. The molecule has 6 nitrogen and oxygen atoms in total. The molecule has 2 aromatic carbocycles. The second kappa shape index (κ2) is 11.5. The van der Waals surface area contributed by atoms with E-state index in [1.54, 1.807) is 14.2 Å². The first-order valence-electron chi connectivity index (χ1n) is 11.7. The Bertz CT molecular complexity index is 898. The number of hydrogen-bond acceptors (Lipinski definition) is 5. The molecular weight excluding hydrogens is 414 g/mol. The van der Waals surface area contributed by atoms with Crippen LogP contribution in [-0.4, -0.2) is 76.3 Å². The van der Waals surface area contributed by atoms with Gasteiger partial charge in [-0.3, -0.25) is 9.69 Å². The Morgan fingerprint density at radius 3 is 2.36 bits per heavy atom. The number of likely N-dealkylation sites (tertiary alicyclic amines) is 1. The predicted octanol–water partition coefficient (Wildman–Crippen LogP) is 3.86. The number of para-hydroxylation sites is 1. The maximum Gasteiger partial charge on any atom is 0.248 e. The van der Waals surface area contributed by atoms with Crippen molar-refractivity contribution in [2.45, 2.75) is 32.4 Å². The number of hydrogen-bond donors (Lipinski definition) is 0. The number of anilines is 1. The van der Waals surface area contributed by atoms with Crippen molar-refractivity contribution in [3.8, 4) is 5.75 Å². The molecule has 1 amide bonds. The van der Waals surface area contributed by atoms with Crippen LogP contribution < -0.4 is 9.64 Å². The highest BCUT2D eigenvalue weighted by Gasteiger charge is 2.37. The third-order valence-corrected chi connectivity index (χ3v) is 6.56. The molecule has 3 rings (SSSR count). The summed E-state index contributed by atoms with van der Waals surface area (Å²) >= 11 is 0. The molecule has 1 fully saturated rings. The van der Waals surface area contributed by atoms with Gasteiger partial charge in [-0.25, -0.2) is 0 Å². The van der Waals surface area contributed by atoms with Gasteiger partial charge >= 0.3 is 0 Å². The Morgan fingerprint density at radius 1 is 1.06 bits per heavy atom. The van der Waals surface area contributed by atoms with Crippen LogP contribution in [0.3, 0.4) is 0 Å². The van der Waals surface area contributed by atoms with Crippen LogP contribution in [0.2, 0.25) is 0 Å². The zero-order chi connectivity index (χ0) is 24.0. The van der Waals surface area contributed by atoms with Crippen molar-refractivity contribution < 1.29 is 14.3 Å². The van der Waals surface area contributed by atoms with E-state index in [0.717, 1.165) is 25.4 Å². The lowest BCUT2D eigenvalue weighted by Crippen LogP contribution is -2.43. The Morgan fingerprint density at radius 2 is 1.76 bits per heavy atom. The van der Waals surface area contributed by atoms with Gasteiger partial charge in [0, 0.05) is 65.0 Å². The third-order valence-electron chi connectivity index (χ3n) is 6.56. The molecular formula is C27H39N3O3. The van der Waals surface area contributed by atoms with Gasteiger partial charge < -0.3 is 19.3 Å². The minimum atomic E-state index is 0.0454. The lowest BCUT2D eigenvalue weighted by molar-refractivity contribution is -0.137. The van der Waals surface area contributed by atoms with Gasteiger partial charge in [0.05, 0.1) is 7.11 Å². The molecule has 180 valence electrons. The van der Waals surface area contributed by atoms with Crippen molar-refractivity contribution in [1.29, 1.82) is 0 Å². The average molecular weight is 454 g/mol. The average Bonchev–Trinajstić information content (AvgIpc) is 3.19. The summed E-state index contributed by atoms with van der Waals surface area (Å²) in [5, 5.41) is 0.